The van der Waals surface area contributed by atoms with E-state index in [-0.39, 0.29) is 30.7 Å². The number of aliphatic hydroxyl groups excluding tert-OH is 3. The number of ether oxygens (including phenoxy) is 1. The molecular weight excluding hydrogens is 400 g/mol. The second-order valence-corrected chi connectivity index (χ2v) is 9.71. The molecule has 1 atom stereocenters. The first-order valence-corrected chi connectivity index (χ1v) is 11.5. The Morgan fingerprint density at radius 2 is 1.59 bits per heavy atom. The molecular formula is C28H40O4. The highest BCUT2D eigenvalue weighted by atomic mass is 16.5. The van der Waals surface area contributed by atoms with Gasteiger partial charge in [0.05, 0.1) is 19.3 Å². The van der Waals surface area contributed by atoms with E-state index in [4.69, 9.17) is 4.74 Å². The van der Waals surface area contributed by atoms with Gasteiger partial charge in [-0.05, 0) is 65.1 Å². The van der Waals surface area contributed by atoms with Crippen molar-refractivity contribution in [2.75, 3.05) is 6.61 Å². The van der Waals surface area contributed by atoms with Gasteiger partial charge in [0.15, 0.2) is 0 Å². The van der Waals surface area contributed by atoms with Crippen LogP contribution < -0.4 is 4.74 Å². The number of aryl methyl sites for hydroxylation is 1. The summed E-state index contributed by atoms with van der Waals surface area (Å²) < 4.78 is 5.92. The van der Waals surface area contributed by atoms with Crippen molar-refractivity contribution in [3.8, 4) is 5.75 Å². The van der Waals surface area contributed by atoms with Crippen molar-refractivity contribution in [2.24, 2.45) is 5.41 Å². The quantitative estimate of drug-likeness (QED) is 0.454. The Balaban J connectivity index is 2.29. The maximum absolute atomic E-state index is 10.3. The molecule has 32 heavy (non-hydrogen) atoms. The van der Waals surface area contributed by atoms with Crippen LogP contribution in [0.2, 0.25) is 0 Å². The lowest BCUT2D eigenvalue weighted by molar-refractivity contribution is 0.0216. The van der Waals surface area contributed by atoms with Gasteiger partial charge < -0.3 is 20.1 Å². The Labute approximate surface area is 193 Å². The van der Waals surface area contributed by atoms with Crippen molar-refractivity contribution >= 4 is 6.08 Å². The molecule has 176 valence electrons. The van der Waals surface area contributed by atoms with Crippen LogP contribution in [0.1, 0.15) is 75.3 Å². The molecule has 0 aliphatic carbocycles. The molecule has 0 fully saturated rings. The van der Waals surface area contributed by atoms with Crippen LogP contribution in [0.5, 0.6) is 5.75 Å². The van der Waals surface area contributed by atoms with Crippen LogP contribution in [-0.2, 0) is 18.6 Å². The molecule has 0 aliphatic rings. The van der Waals surface area contributed by atoms with Gasteiger partial charge in [-0.2, -0.15) is 0 Å². The maximum atomic E-state index is 10.3. The molecule has 0 radical (unpaired) electrons. The third-order valence-corrected chi connectivity index (χ3v) is 6.57. The van der Waals surface area contributed by atoms with Crippen LogP contribution in [0, 0.1) is 12.3 Å². The minimum Gasteiger partial charge on any atom is -0.491 e. The van der Waals surface area contributed by atoms with E-state index in [1.807, 2.05) is 52.0 Å². The van der Waals surface area contributed by atoms with Gasteiger partial charge in [0, 0.05) is 5.41 Å². The van der Waals surface area contributed by atoms with Crippen LogP contribution in [0.4, 0.5) is 0 Å². The summed E-state index contributed by atoms with van der Waals surface area (Å²) in [6.45, 7) is 12.5. The van der Waals surface area contributed by atoms with E-state index >= 15 is 0 Å². The minimum absolute atomic E-state index is 0.0752. The monoisotopic (exact) mass is 440 g/mol. The number of rotatable bonds is 10. The molecule has 4 heteroatoms. The number of aliphatic hydroxyl groups is 3. The molecule has 0 aromatic heterocycles. The molecule has 0 amide bonds. The first-order chi connectivity index (χ1) is 15.1. The minimum atomic E-state index is -0.532. The zero-order valence-electron chi connectivity index (χ0n) is 20.5. The molecule has 0 heterocycles. The summed E-state index contributed by atoms with van der Waals surface area (Å²) >= 11 is 0. The molecule has 2 aromatic carbocycles. The maximum Gasteiger partial charge on any atom is 0.122 e. The van der Waals surface area contributed by atoms with Crippen molar-refractivity contribution in [1.82, 2.24) is 0 Å². The number of benzene rings is 2. The predicted molar refractivity (Wildman–Crippen MR) is 132 cm³/mol. The summed E-state index contributed by atoms with van der Waals surface area (Å²) in [5.41, 5.74) is 4.46. The number of allylic oxidation sites excluding steroid dienone is 1. The van der Waals surface area contributed by atoms with Gasteiger partial charge in [-0.15, -0.1) is 0 Å². The van der Waals surface area contributed by atoms with Crippen molar-refractivity contribution < 1.29 is 20.1 Å². The lowest BCUT2D eigenvalue weighted by Gasteiger charge is -2.30. The summed E-state index contributed by atoms with van der Waals surface area (Å²) in [5, 5.41) is 29.3. The summed E-state index contributed by atoms with van der Waals surface area (Å²) in [7, 11) is 0. The van der Waals surface area contributed by atoms with Gasteiger partial charge in [-0.25, -0.2) is 0 Å². The largest absolute Gasteiger partial charge is 0.491 e. The summed E-state index contributed by atoms with van der Waals surface area (Å²) in [6.07, 6.45) is 5.72. The van der Waals surface area contributed by atoms with E-state index in [1.165, 1.54) is 5.56 Å². The summed E-state index contributed by atoms with van der Waals surface area (Å²) in [4.78, 5) is 0. The zero-order valence-corrected chi connectivity index (χ0v) is 20.5. The fraction of sp³-hybridized carbons (Fsp3) is 0.500. The summed E-state index contributed by atoms with van der Waals surface area (Å²) in [5.74, 6) is 0.800. The average molecular weight is 441 g/mol. The molecule has 0 aliphatic heterocycles. The van der Waals surface area contributed by atoms with Crippen LogP contribution >= 0.6 is 0 Å². The lowest BCUT2D eigenvalue weighted by atomic mass is 9.75. The number of hydrogen-bond acceptors (Lipinski definition) is 4. The lowest BCUT2D eigenvalue weighted by Crippen LogP contribution is -2.32. The van der Waals surface area contributed by atoms with Crippen LogP contribution in [-0.4, -0.2) is 28.0 Å². The molecule has 0 saturated carbocycles. The van der Waals surface area contributed by atoms with Gasteiger partial charge in [0.1, 0.15) is 12.4 Å². The molecule has 3 N–H and O–H groups in total. The zero-order chi connectivity index (χ0) is 23.9. The van der Waals surface area contributed by atoms with Gasteiger partial charge in [-0.3, -0.25) is 0 Å². The van der Waals surface area contributed by atoms with E-state index in [0.29, 0.717) is 0 Å². The van der Waals surface area contributed by atoms with Crippen molar-refractivity contribution in [3.63, 3.8) is 0 Å². The predicted octanol–water partition coefficient (Wildman–Crippen LogP) is 5.54. The third-order valence-electron chi connectivity index (χ3n) is 6.57. The molecule has 2 rings (SSSR count). The van der Waals surface area contributed by atoms with Gasteiger partial charge >= 0.3 is 0 Å². The average Bonchev–Trinajstić information content (AvgIpc) is 2.78. The van der Waals surface area contributed by atoms with Gasteiger partial charge in [0.2, 0.25) is 0 Å². The fourth-order valence-corrected chi connectivity index (χ4v) is 3.84. The highest BCUT2D eigenvalue weighted by Gasteiger charge is 2.27. The van der Waals surface area contributed by atoms with Gasteiger partial charge in [-0.1, -0.05) is 71.0 Å². The second-order valence-electron chi connectivity index (χ2n) is 9.71. The Kier molecular flexibility index (Phi) is 9.08. The highest BCUT2D eigenvalue weighted by molar-refractivity contribution is 5.55. The van der Waals surface area contributed by atoms with E-state index < -0.39 is 6.10 Å². The second kappa shape index (κ2) is 11.1. The van der Waals surface area contributed by atoms with Gasteiger partial charge in [0.25, 0.3) is 0 Å². The molecule has 2 aromatic rings. The Bertz CT molecular complexity index is 904. The van der Waals surface area contributed by atoms with E-state index in [9.17, 15) is 15.3 Å². The number of hydrogen-bond donors (Lipinski definition) is 3. The Hall–Kier alpha value is -2.14. The molecule has 0 saturated heterocycles. The third kappa shape index (κ3) is 6.22. The SMILES string of the molecule is CCC(/C=C/c1ccc(CO)c(CO)c1)(CC)c1ccc(OCC(O)C(C)(C)C)c(C)c1. The molecule has 1 unspecified atom stereocenters. The van der Waals surface area contributed by atoms with Crippen molar-refractivity contribution in [3.05, 3.63) is 70.3 Å². The van der Waals surface area contributed by atoms with Crippen LogP contribution in [0.3, 0.4) is 0 Å². The smallest absolute Gasteiger partial charge is 0.122 e. The molecule has 0 spiro atoms. The van der Waals surface area contributed by atoms with Crippen molar-refractivity contribution in [1.29, 1.82) is 0 Å². The van der Waals surface area contributed by atoms with E-state index in [0.717, 1.165) is 40.8 Å². The topological polar surface area (TPSA) is 69.9 Å². The van der Waals surface area contributed by atoms with Crippen LogP contribution in [0.25, 0.3) is 6.08 Å². The first kappa shape index (κ1) is 26.1. The molecule has 4 nitrogen and oxygen atoms in total. The summed E-state index contributed by atoms with van der Waals surface area (Å²) in [6, 6.07) is 12.1. The first-order valence-electron chi connectivity index (χ1n) is 11.5. The highest BCUT2D eigenvalue weighted by Crippen LogP contribution is 2.36. The van der Waals surface area contributed by atoms with E-state index in [2.05, 4.69) is 38.1 Å². The standard InChI is InChI=1S/C28H40O4/c1-7-28(8-2,14-13-21-9-10-22(17-29)23(16-21)18-30)24-11-12-25(20(3)15-24)32-19-26(31)27(4,5)6/h9-16,26,29-31H,7-8,17-19H2,1-6H3/b14-13+. The molecule has 0 bridgehead atoms. The Morgan fingerprint density at radius 3 is 2.12 bits per heavy atom. The normalized spacial score (nSPS) is 13.5. The van der Waals surface area contributed by atoms with Crippen LogP contribution in [0.15, 0.2) is 42.5 Å². The van der Waals surface area contributed by atoms with E-state index in [1.54, 1.807) is 0 Å². The fourth-order valence-electron chi connectivity index (χ4n) is 3.84. The Morgan fingerprint density at radius 1 is 0.938 bits per heavy atom. The van der Waals surface area contributed by atoms with Crippen molar-refractivity contribution in [2.45, 2.75) is 79.1 Å².